The maximum atomic E-state index is 6.28. The molecule has 0 fully saturated rings. The zero-order valence-electron chi connectivity index (χ0n) is 11.9. The van der Waals surface area contributed by atoms with Crippen molar-refractivity contribution in [2.24, 2.45) is 0 Å². The lowest BCUT2D eigenvalue weighted by atomic mass is 9.79. The first kappa shape index (κ1) is 15.4. The predicted octanol–water partition coefficient (Wildman–Crippen LogP) is 4.17. The number of hydrogen-bond acceptors (Lipinski definition) is 1. The Labute approximate surface area is 130 Å². The molecule has 2 nitrogen and oxygen atoms in total. The highest BCUT2D eigenvalue weighted by Crippen LogP contribution is 2.31. The minimum atomic E-state index is -0.238. The highest BCUT2D eigenvalue weighted by molar-refractivity contribution is 6.22. The van der Waals surface area contributed by atoms with Crippen molar-refractivity contribution in [3.63, 3.8) is 0 Å². The molecule has 0 aliphatic carbocycles. The molecule has 1 aromatic carbocycles. The maximum absolute atomic E-state index is 6.28. The van der Waals surface area contributed by atoms with Crippen molar-refractivity contribution >= 4 is 23.2 Å². The second-order valence-corrected chi connectivity index (χ2v) is 5.83. The number of rotatable bonds is 6. The quantitative estimate of drug-likeness (QED) is 0.732. The molecule has 0 saturated heterocycles. The fourth-order valence-corrected chi connectivity index (χ4v) is 3.14. The normalized spacial score (nSPS) is 11.8. The average Bonchev–Trinajstić information content (AvgIpc) is 2.93. The number of aryl methyl sites for hydroxylation is 2. The van der Waals surface area contributed by atoms with Gasteiger partial charge in [-0.1, -0.05) is 29.8 Å². The topological polar surface area (TPSA) is 17.8 Å². The van der Waals surface area contributed by atoms with E-state index in [0.717, 1.165) is 13.0 Å². The molecule has 0 unspecified atom stereocenters. The Hall–Kier alpha value is -0.990. The van der Waals surface area contributed by atoms with Crippen LogP contribution in [0.15, 0.2) is 36.7 Å². The third-order valence-electron chi connectivity index (χ3n) is 3.73. The van der Waals surface area contributed by atoms with Gasteiger partial charge in [0, 0.05) is 29.9 Å². The van der Waals surface area contributed by atoms with Crippen LogP contribution < -0.4 is 0 Å². The van der Waals surface area contributed by atoms with Crippen molar-refractivity contribution in [1.82, 2.24) is 9.78 Å². The first-order valence-corrected chi connectivity index (χ1v) is 7.91. The summed E-state index contributed by atoms with van der Waals surface area (Å²) in [5, 5.41) is 4.33. The van der Waals surface area contributed by atoms with E-state index < -0.39 is 0 Å². The van der Waals surface area contributed by atoms with Crippen molar-refractivity contribution in [2.45, 2.75) is 32.2 Å². The smallest absolute Gasteiger partial charge is 0.0522 e. The van der Waals surface area contributed by atoms with E-state index >= 15 is 0 Å². The van der Waals surface area contributed by atoms with E-state index in [2.05, 4.69) is 49.4 Å². The highest BCUT2D eigenvalue weighted by atomic mass is 35.5. The van der Waals surface area contributed by atoms with E-state index in [1.807, 2.05) is 10.9 Å². The SMILES string of the molecule is CCn1cc(CC(CCl)(CCl)c2ccc(C)cc2)cn1. The molecule has 0 radical (unpaired) electrons. The Kier molecular flexibility index (Phi) is 5.11. The standard InChI is InChI=1S/C16H20Cl2N2/c1-3-20-10-14(9-19-20)8-16(11-17,12-18)15-6-4-13(2)5-7-15/h4-7,9-10H,3,8,11-12H2,1-2H3. The number of alkyl halides is 2. The van der Waals surface area contributed by atoms with Gasteiger partial charge in [0.15, 0.2) is 0 Å². The number of aromatic nitrogens is 2. The van der Waals surface area contributed by atoms with Crippen molar-refractivity contribution < 1.29 is 0 Å². The minimum absolute atomic E-state index is 0.238. The van der Waals surface area contributed by atoms with Crippen molar-refractivity contribution in [3.8, 4) is 0 Å². The van der Waals surface area contributed by atoms with E-state index in [9.17, 15) is 0 Å². The molecular formula is C16H20Cl2N2. The summed E-state index contributed by atoms with van der Waals surface area (Å²) in [4.78, 5) is 0. The lowest BCUT2D eigenvalue weighted by Crippen LogP contribution is -2.33. The summed E-state index contributed by atoms with van der Waals surface area (Å²) in [6.07, 6.45) is 4.79. The molecule has 0 bridgehead atoms. The molecule has 108 valence electrons. The number of benzene rings is 1. The van der Waals surface area contributed by atoms with Crippen LogP contribution in [0.3, 0.4) is 0 Å². The van der Waals surface area contributed by atoms with E-state index in [4.69, 9.17) is 23.2 Å². The molecule has 0 aliphatic heterocycles. The molecule has 2 rings (SSSR count). The van der Waals surface area contributed by atoms with Crippen LogP contribution in [0.2, 0.25) is 0 Å². The van der Waals surface area contributed by atoms with Crippen molar-refractivity contribution in [1.29, 1.82) is 0 Å². The fraction of sp³-hybridized carbons (Fsp3) is 0.438. The van der Waals surface area contributed by atoms with Crippen LogP contribution in [0.5, 0.6) is 0 Å². The van der Waals surface area contributed by atoms with Gasteiger partial charge < -0.3 is 0 Å². The van der Waals surface area contributed by atoms with Gasteiger partial charge in [0.2, 0.25) is 0 Å². The van der Waals surface area contributed by atoms with Gasteiger partial charge in [0.1, 0.15) is 0 Å². The Morgan fingerprint density at radius 1 is 1.15 bits per heavy atom. The molecule has 0 amide bonds. The van der Waals surface area contributed by atoms with Gasteiger partial charge in [0.25, 0.3) is 0 Å². The van der Waals surface area contributed by atoms with Crippen molar-refractivity contribution in [2.75, 3.05) is 11.8 Å². The van der Waals surface area contributed by atoms with Crippen LogP contribution in [-0.4, -0.2) is 21.5 Å². The Balaban J connectivity index is 2.31. The Bertz CT molecular complexity index is 542. The number of halogens is 2. The van der Waals surface area contributed by atoms with E-state index in [1.54, 1.807) is 0 Å². The zero-order chi connectivity index (χ0) is 14.6. The summed E-state index contributed by atoms with van der Waals surface area (Å²) in [6, 6.07) is 8.48. The number of nitrogens with zero attached hydrogens (tertiary/aromatic N) is 2. The molecule has 0 atom stereocenters. The molecular weight excluding hydrogens is 291 g/mol. The second-order valence-electron chi connectivity index (χ2n) is 5.29. The highest BCUT2D eigenvalue weighted by Gasteiger charge is 2.31. The van der Waals surface area contributed by atoms with Gasteiger partial charge in [-0.2, -0.15) is 5.10 Å². The summed E-state index contributed by atoms with van der Waals surface area (Å²) in [5.41, 5.74) is 3.37. The monoisotopic (exact) mass is 310 g/mol. The average molecular weight is 311 g/mol. The van der Waals surface area contributed by atoms with Crippen LogP contribution in [0.4, 0.5) is 0 Å². The molecule has 4 heteroatoms. The summed E-state index contributed by atoms with van der Waals surface area (Å²) >= 11 is 12.6. The summed E-state index contributed by atoms with van der Waals surface area (Å²) in [7, 11) is 0. The first-order valence-electron chi connectivity index (χ1n) is 6.84. The van der Waals surface area contributed by atoms with Crippen LogP contribution in [0.25, 0.3) is 0 Å². The van der Waals surface area contributed by atoms with Crippen molar-refractivity contribution in [3.05, 3.63) is 53.3 Å². The van der Waals surface area contributed by atoms with Crippen LogP contribution >= 0.6 is 23.2 Å². The number of hydrogen-bond donors (Lipinski definition) is 0. The largest absolute Gasteiger partial charge is 0.273 e. The Morgan fingerprint density at radius 3 is 2.30 bits per heavy atom. The Morgan fingerprint density at radius 2 is 1.80 bits per heavy atom. The van der Waals surface area contributed by atoms with E-state index in [-0.39, 0.29) is 5.41 Å². The van der Waals surface area contributed by atoms with Gasteiger partial charge in [0.05, 0.1) is 6.20 Å². The van der Waals surface area contributed by atoms with Gasteiger partial charge in [-0.05, 0) is 31.4 Å². The third kappa shape index (κ3) is 3.18. The van der Waals surface area contributed by atoms with Gasteiger partial charge >= 0.3 is 0 Å². The van der Waals surface area contributed by atoms with E-state index in [1.165, 1.54) is 16.7 Å². The molecule has 0 saturated carbocycles. The second kappa shape index (κ2) is 6.64. The third-order valence-corrected chi connectivity index (χ3v) is 4.75. The zero-order valence-corrected chi connectivity index (χ0v) is 13.5. The predicted molar refractivity (Wildman–Crippen MR) is 85.9 cm³/mol. The summed E-state index contributed by atoms with van der Waals surface area (Å²) in [5.74, 6) is 0.994. The van der Waals surface area contributed by atoms with Crippen LogP contribution in [0.1, 0.15) is 23.6 Å². The molecule has 0 N–H and O–H groups in total. The molecule has 1 heterocycles. The molecule has 0 spiro atoms. The van der Waals surface area contributed by atoms with Gasteiger partial charge in [-0.3, -0.25) is 4.68 Å². The van der Waals surface area contributed by atoms with Crippen LogP contribution in [0, 0.1) is 6.92 Å². The maximum Gasteiger partial charge on any atom is 0.0522 e. The molecule has 0 aliphatic rings. The lowest BCUT2D eigenvalue weighted by Gasteiger charge is -2.30. The van der Waals surface area contributed by atoms with Crippen LogP contribution in [-0.2, 0) is 18.4 Å². The molecule has 20 heavy (non-hydrogen) atoms. The summed E-state index contributed by atoms with van der Waals surface area (Å²) in [6.45, 7) is 5.03. The molecule has 2 aromatic rings. The van der Waals surface area contributed by atoms with Gasteiger partial charge in [-0.25, -0.2) is 0 Å². The van der Waals surface area contributed by atoms with Gasteiger partial charge in [-0.15, -0.1) is 23.2 Å². The molecule has 1 aromatic heterocycles. The fourth-order valence-electron chi connectivity index (χ4n) is 2.36. The first-order chi connectivity index (χ1) is 9.63. The van der Waals surface area contributed by atoms with E-state index in [0.29, 0.717) is 11.8 Å². The lowest BCUT2D eigenvalue weighted by molar-refractivity contribution is 0.535. The summed E-state index contributed by atoms with van der Waals surface area (Å²) < 4.78 is 1.93. The minimum Gasteiger partial charge on any atom is -0.273 e.